The maximum absolute atomic E-state index is 11.2. The van der Waals surface area contributed by atoms with E-state index < -0.39 is 5.54 Å². The summed E-state index contributed by atoms with van der Waals surface area (Å²) in [6.45, 7) is 24.4. The van der Waals surface area contributed by atoms with Gasteiger partial charge in [0.05, 0.1) is 11.8 Å². The predicted octanol–water partition coefficient (Wildman–Crippen LogP) is 6.14. The highest BCUT2D eigenvalue weighted by atomic mass is 16.6. The number of hydrazone groups is 1. The molecule has 40 heavy (non-hydrogen) atoms. The van der Waals surface area contributed by atoms with Crippen LogP contribution in [0.2, 0.25) is 0 Å². The van der Waals surface area contributed by atoms with Crippen LogP contribution in [0.15, 0.2) is 53.6 Å². The minimum absolute atomic E-state index is 0.0475. The zero-order valence-corrected chi connectivity index (χ0v) is 26.2. The Labute approximate surface area is 238 Å². The zero-order valence-electron chi connectivity index (χ0n) is 26.2. The average molecular weight is 561 g/mol. The number of anilines is 1. The van der Waals surface area contributed by atoms with E-state index in [2.05, 4.69) is 16.9 Å². The molecule has 0 aliphatic carbocycles. The number of para-hydroxylation sites is 4. The monoisotopic (exact) mass is 560 g/mol. The number of benzene rings is 2. The molecule has 0 saturated carbocycles. The lowest BCUT2D eigenvalue weighted by molar-refractivity contribution is -0.645. The SMILES string of the molecule is C=[N+]1C=NN([O-])c2ccccc21.CC.CC.CC.CC.CC(C)(C)[N+](=O)[O-].Cn1c(=N)n[n+]([O-])c2ccccc21. The fourth-order valence-corrected chi connectivity index (χ4v) is 2.33. The molecule has 2 aromatic carbocycles. The van der Waals surface area contributed by atoms with Crippen LogP contribution in [0.4, 0.5) is 11.4 Å². The van der Waals surface area contributed by atoms with E-state index in [4.69, 9.17) is 5.41 Å². The summed E-state index contributed by atoms with van der Waals surface area (Å²) < 4.78 is 3.12. The molecule has 0 bridgehead atoms. The van der Waals surface area contributed by atoms with Crippen molar-refractivity contribution in [2.24, 2.45) is 12.1 Å². The van der Waals surface area contributed by atoms with Crippen molar-refractivity contribution in [3.63, 3.8) is 0 Å². The topological polar surface area (TPSA) is 153 Å². The number of aromatic nitrogens is 3. The number of hydrogen-bond donors (Lipinski definition) is 1. The van der Waals surface area contributed by atoms with Gasteiger partial charge in [-0.1, -0.05) is 79.7 Å². The number of nitro groups is 1. The maximum atomic E-state index is 11.2. The number of rotatable bonds is 0. The van der Waals surface area contributed by atoms with Crippen molar-refractivity contribution >= 4 is 35.5 Å². The Morgan fingerprint density at radius 3 is 1.85 bits per heavy atom. The number of hydrogen-bond acceptors (Lipinski definition) is 8. The van der Waals surface area contributed by atoms with Gasteiger partial charge in [0.25, 0.3) is 11.1 Å². The lowest BCUT2D eigenvalue weighted by Crippen LogP contribution is -2.42. The van der Waals surface area contributed by atoms with E-state index in [0.29, 0.717) is 26.7 Å². The molecule has 12 nitrogen and oxygen atoms in total. The highest BCUT2D eigenvalue weighted by Gasteiger charge is 2.21. The average Bonchev–Trinajstić information content (AvgIpc) is 2.98. The van der Waals surface area contributed by atoms with Gasteiger partial charge in [-0.2, -0.15) is 0 Å². The van der Waals surface area contributed by atoms with Crippen LogP contribution in [0.3, 0.4) is 0 Å². The number of nitrogens with one attached hydrogen (secondary N) is 1. The summed E-state index contributed by atoms with van der Waals surface area (Å²) in [5.41, 5.74) is 1.64. The van der Waals surface area contributed by atoms with Gasteiger partial charge >= 0.3 is 6.34 Å². The molecule has 1 aliphatic rings. The van der Waals surface area contributed by atoms with Gasteiger partial charge in [0.2, 0.25) is 5.54 Å². The highest BCUT2D eigenvalue weighted by molar-refractivity contribution is 5.72. The second-order valence-electron chi connectivity index (χ2n) is 7.63. The van der Waals surface area contributed by atoms with Crippen molar-refractivity contribution in [2.45, 2.75) is 81.7 Å². The Kier molecular flexibility index (Phi) is 21.9. The number of fused-ring (bicyclic) bond motifs is 2. The summed E-state index contributed by atoms with van der Waals surface area (Å²) in [6, 6.07) is 14.2. The summed E-state index contributed by atoms with van der Waals surface area (Å²) in [6.07, 6.45) is 1.38. The minimum atomic E-state index is -0.778. The van der Waals surface area contributed by atoms with E-state index in [1.165, 1.54) is 6.34 Å². The molecular weight excluding hydrogens is 512 g/mol. The van der Waals surface area contributed by atoms with Crippen LogP contribution in [0.1, 0.15) is 76.2 Å². The minimum Gasteiger partial charge on any atom is -0.718 e. The number of aryl methyl sites for hydroxylation is 1. The van der Waals surface area contributed by atoms with Crippen LogP contribution in [-0.4, -0.2) is 37.8 Å². The van der Waals surface area contributed by atoms with E-state index in [1.807, 2.05) is 73.6 Å². The van der Waals surface area contributed by atoms with Crippen molar-refractivity contribution in [3.8, 4) is 0 Å². The van der Waals surface area contributed by atoms with Gasteiger partial charge in [0.15, 0.2) is 5.69 Å². The molecule has 0 spiro atoms. The fourth-order valence-electron chi connectivity index (χ4n) is 2.33. The Balaban J connectivity index is -0.000000470. The largest absolute Gasteiger partial charge is 0.718 e. The summed E-state index contributed by atoms with van der Waals surface area (Å²) in [5.74, 6) is 0. The summed E-state index contributed by atoms with van der Waals surface area (Å²) >= 11 is 0. The first-order valence-corrected chi connectivity index (χ1v) is 13.4. The first-order chi connectivity index (χ1) is 18.9. The van der Waals surface area contributed by atoms with Gasteiger partial charge in [0, 0.05) is 43.9 Å². The second kappa shape index (κ2) is 21.7. The van der Waals surface area contributed by atoms with Gasteiger partial charge < -0.3 is 15.0 Å². The Hall–Kier alpha value is -4.19. The van der Waals surface area contributed by atoms with E-state index >= 15 is 0 Å². The molecule has 0 atom stereocenters. The van der Waals surface area contributed by atoms with Gasteiger partial charge in [0.1, 0.15) is 11.2 Å². The van der Waals surface area contributed by atoms with Crippen LogP contribution in [0.25, 0.3) is 11.0 Å². The van der Waals surface area contributed by atoms with Crippen LogP contribution in [-0.2, 0) is 7.05 Å². The van der Waals surface area contributed by atoms with E-state index in [-0.39, 0.29) is 10.5 Å². The van der Waals surface area contributed by atoms with Crippen molar-refractivity contribution in [2.75, 3.05) is 5.17 Å². The van der Waals surface area contributed by atoms with Gasteiger partial charge in [-0.15, -0.1) is 0 Å². The summed E-state index contributed by atoms with van der Waals surface area (Å²) in [7, 11) is 1.71. The third-order valence-corrected chi connectivity index (χ3v) is 4.19. The highest BCUT2D eigenvalue weighted by Crippen LogP contribution is 2.28. The molecule has 0 radical (unpaired) electrons. The molecule has 3 aromatic rings. The summed E-state index contributed by atoms with van der Waals surface area (Å²) in [5, 5.41) is 47.2. The van der Waals surface area contributed by atoms with E-state index in [0.717, 1.165) is 5.69 Å². The molecule has 1 aromatic heterocycles. The molecule has 4 rings (SSSR count). The molecule has 2 heterocycles. The molecule has 0 fully saturated rings. The molecule has 0 unspecified atom stereocenters. The Morgan fingerprint density at radius 1 is 0.925 bits per heavy atom. The quantitative estimate of drug-likeness (QED) is 0.151. The smallest absolute Gasteiger partial charge is 0.315 e. The number of nitrogens with zero attached hydrogens (tertiary/aromatic N) is 7. The van der Waals surface area contributed by atoms with Crippen LogP contribution >= 0.6 is 0 Å². The molecule has 1 aliphatic heterocycles. The molecular formula is C28H48N8O4. The van der Waals surface area contributed by atoms with Gasteiger partial charge in [-0.3, -0.25) is 15.5 Å². The fraction of sp³-hybridized carbons (Fsp3) is 0.464. The molecule has 224 valence electrons. The normalized spacial score (nSPS) is 10.4. The van der Waals surface area contributed by atoms with Crippen LogP contribution in [0.5, 0.6) is 0 Å². The van der Waals surface area contributed by atoms with Gasteiger partial charge in [-0.05, 0) is 23.0 Å². The third-order valence-electron chi connectivity index (χ3n) is 4.19. The molecule has 12 heteroatoms. The van der Waals surface area contributed by atoms with Crippen molar-refractivity contribution in [1.82, 2.24) is 9.67 Å². The van der Waals surface area contributed by atoms with E-state index in [1.54, 1.807) is 67.3 Å². The predicted molar refractivity (Wildman–Crippen MR) is 165 cm³/mol. The Morgan fingerprint density at radius 2 is 1.38 bits per heavy atom. The standard InChI is InChI=1S/C8H8N4O.C8H7N3O.C4H9NO2.4C2H6/c1-11-6-4-2-3-5-7(6)12(13)10-8(11)9;1-10-6-9-11(12)8-5-3-2-4-7(8)10;1-4(2,3)5(6)7;4*1-2/h2-5,9H,1H3;2-6H,1H2;1-3H3;4*1-2H3. The molecule has 0 saturated heterocycles. The lowest BCUT2D eigenvalue weighted by Gasteiger charge is -2.21. The maximum Gasteiger partial charge on any atom is 0.315 e. The zero-order chi connectivity index (χ0) is 32.1. The van der Waals surface area contributed by atoms with Crippen molar-refractivity contribution in [3.05, 3.63) is 74.7 Å². The lowest BCUT2D eigenvalue weighted by atomic mass is 10.1. The molecule has 0 amide bonds. The Bertz CT molecular complexity index is 1230. The molecule has 1 N–H and O–H groups in total. The van der Waals surface area contributed by atoms with E-state index in [9.17, 15) is 20.5 Å². The third kappa shape index (κ3) is 13.1. The summed E-state index contributed by atoms with van der Waals surface area (Å²) in [4.78, 5) is 9.98. The van der Waals surface area contributed by atoms with Crippen molar-refractivity contribution in [1.29, 1.82) is 5.41 Å². The first-order valence-electron chi connectivity index (χ1n) is 13.4. The van der Waals surface area contributed by atoms with Gasteiger partial charge in [-0.25, -0.2) is 9.75 Å². The van der Waals surface area contributed by atoms with Crippen molar-refractivity contribution < 1.29 is 14.3 Å². The van der Waals surface area contributed by atoms with Crippen LogP contribution in [0, 0.1) is 25.9 Å². The van der Waals surface area contributed by atoms with Crippen LogP contribution < -0.4 is 15.6 Å². The first kappa shape index (κ1) is 40.3. The second-order valence-corrected chi connectivity index (χ2v) is 7.63.